The lowest BCUT2D eigenvalue weighted by Crippen LogP contribution is -2.00. The lowest BCUT2D eigenvalue weighted by atomic mass is 10.1. The van der Waals surface area contributed by atoms with E-state index in [1.807, 2.05) is 19.1 Å². The Bertz CT molecular complexity index is 650. The van der Waals surface area contributed by atoms with Crippen LogP contribution in [0.15, 0.2) is 22.7 Å². The first-order valence-electron chi connectivity index (χ1n) is 5.56. The number of nitrogens with zero attached hydrogens (tertiary/aromatic N) is 2. The number of ether oxygens (including phenoxy) is 1. The first-order chi connectivity index (χ1) is 8.93. The molecule has 1 N–H and O–H groups in total. The Kier molecular flexibility index (Phi) is 3.61. The number of aryl methyl sites for hydroxylation is 2. The summed E-state index contributed by atoms with van der Waals surface area (Å²) in [4.78, 5) is 11.0. The van der Waals surface area contributed by atoms with Gasteiger partial charge in [-0.3, -0.25) is 4.68 Å². The van der Waals surface area contributed by atoms with Gasteiger partial charge in [0.2, 0.25) is 0 Å². The van der Waals surface area contributed by atoms with Crippen LogP contribution in [0.1, 0.15) is 16.1 Å². The average Bonchev–Trinajstić information content (AvgIpc) is 2.70. The standard InChI is InChI=1S/C13H13BrN2O3/c1-7-4-8(12(19-3)9(14)5-7)11-6-10(13(17)18)15-16(11)2/h4-6H,1-3H3,(H,17,18). The fourth-order valence-electron chi connectivity index (χ4n) is 1.95. The summed E-state index contributed by atoms with van der Waals surface area (Å²) in [5.41, 5.74) is 2.55. The highest BCUT2D eigenvalue weighted by molar-refractivity contribution is 9.10. The van der Waals surface area contributed by atoms with Crippen molar-refractivity contribution in [1.82, 2.24) is 9.78 Å². The summed E-state index contributed by atoms with van der Waals surface area (Å²) in [6, 6.07) is 5.41. The van der Waals surface area contributed by atoms with E-state index in [4.69, 9.17) is 9.84 Å². The SMILES string of the molecule is COc1c(Br)cc(C)cc1-c1cc(C(=O)O)nn1C. The number of methoxy groups -OCH3 is 1. The zero-order valence-corrected chi connectivity index (χ0v) is 12.4. The molecule has 0 aliphatic heterocycles. The van der Waals surface area contributed by atoms with Gasteiger partial charge in [-0.2, -0.15) is 5.10 Å². The predicted molar refractivity (Wildman–Crippen MR) is 74.6 cm³/mol. The van der Waals surface area contributed by atoms with Gasteiger partial charge in [0.1, 0.15) is 5.75 Å². The molecule has 100 valence electrons. The minimum atomic E-state index is -1.05. The van der Waals surface area contributed by atoms with Crippen LogP contribution in [-0.2, 0) is 7.05 Å². The molecule has 5 nitrogen and oxygen atoms in total. The molecule has 1 aromatic carbocycles. The summed E-state index contributed by atoms with van der Waals surface area (Å²) >= 11 is 3.44. The van der Waals surface area contributed by atoms with E-state index in [-0.39, 0.29) is 5.69 Å². The van der Waals surface area contributed by atoms with Crippen LogP contribution < -0.4 is 4.74 Å². The number of carbonyl (C=O) groups is 1. The third-order valence-electron chi connectivity index (χ3n) is 2.77. The molecule has 0 unspecified atom stereocenters. The highest BCUT2D eigenvalue weighted by Crippen LogP contribution is 2.37. The van der Waals surface area contributed by atoms with Gasteiger partial charge in [0, 0.05) is 12.6 Å². The van der Waals surface area contributed by atoms with Gasteiger partial charge in [-0.15, -0.1) is 0 Å². The van der Waals surface area contributed by atoms with Crippen molar-refractivity contribution < 1.29 is 14.6 Å². The van der Waals surface area contributed by atoms with Crippen LogP contribution >= 0.6 is 15.9 Å². The number of aromatic nitrogens is 2. The van der Waals surface area contributed by atoms with E-state index in [1.165, 1.54) is 10.7 Å². The number of aromatic carboxylic acids is 1. The van der Waals surface area contributed by atoms with Crippen molar-refractivity contribution >= 4 is 21.9 Å². The molecule has 6 heteroatoms. The number of halogens is 1. The molecule has 0 amide bonds. The van der Waals surface area contributed by atoms with Crippen molar-refractivity contribution in [3.05, 3.63) is 33.9 Å². The lowest BCUT2D eigenvalue weighted by molar-refractivity contribution is 0.0689. The topological polar surface area (TPSA) is 64.3 Å². The summed E-state index contributed by atoms with van der Waals surface area (Å²) in [6.07, 6.45) is 0. The van der Waals surface area contributed by atoms with Gasteiger partial charge in [0.05, 0.1) is 17.3 Å². The van der Waals surface area contributed by atoms with Crippen LogP contribution in [0.5, 0.6) is 5.75 Å². The molecule has 2 rings (SSSR count). The fraction of sp³-hybridized carbons (Fsp3) is 0.231. The van der Waals surface area contributed by atoms with E-state index in [9.17, 15) is 4.79 Å². The summed E-state index contributed by atoms with van der Waals surface area (Å²) in [6.45, 7) is 1.96. The summed E-state index contributed by atoms with van der Waals surface area (Å²) < 4.78 is 7.73. The molecule has 1 heterocycles. The second kappa shape index (κ2) is 5.05. The van der Waals surface area contributed by atoms with Crippen molar-refractivity contribution in [3.63, 3.8) is 0 Å². The third kappa shape index (κ3) is 2.49. The van der Waals surface area contributed by atoms with Crippen LogP contribution in [0.3, 0.4) is 0 Å². The van der Waals surface area contributed by atoms with Gasteiger partial charge in [-0.25, -0.2) is 4.79 Å². The predicted octanol–water partition coefficient (Wildman–Crippen LogP) is 2.86. The molecule has 0 bridgehead atoms. The summed E-state index contributed by atoms with van der Waals surface area (Å²) in [5.74, 6) is -0.391. The molecule has 0 spiro atoms. The Labute approximate surface area is 118 Å². The van der Waals surface area contributed by atoms with Crippen molar-refractivity contribution in [2.24, 2.45) is 7.05 Å². The molecule has 19 heavy (non-hydrogen) atoms. The van der Waals surface area contributed by atoms with Crippen LogP contribution in [0.25, 0.3) is 11.3 Å². The molecule has 0 saturated carbocycles. The molecular weight excluding hydrogens is 312 g/mol. The molecule has 2 aromatic rings. The van der Waals surface area contributed by atoms with Crippen molar-refractivity contribution in [2.45, 2.75) is 6.92 Å². The maximum absolute atomic E-state index is 11.0. The van der Waals surface area contributed by atoms with Gasteiger partial charge >= 0.3 is 5.97 Å². The molecular formula is C13H13BrN2O3. The van der Waals surface area contributed by atoms with Crippen molar-refractivity contribution in [1.29, 1.82) is 0 Å². The van der Waals surface area contributed by atoms with Gasteiger partial charge in [0.25, 0.3) is 0 Å². The molecule has 0 aliphatic rings. The molecule has 0 aliphatic carbocycles. The summed E-state index contributed by atoms with van der Waals surface area (Å²) in [7, 11) is 3.28. The van der Waals surface area contributed by atoms with Crippen LogP contribution in [0.4, 0.5) is 0 Å². The number of rotatable bonds is 3. The number of carboxylic acids is 1. The smallest absolute Gasteiger partial charge is 0.356 e. The van der Waals surface area contributed by atoms with Gasteiger partial charge in [0.15, 0.2) is 5.69 Å². The molecule has 0 radical (unpaired) electrons. The minimum Gasteiger partial charge on any atom is -0.495 e. The largest absolute Gasteiger partial charge is 0.495 e. The van der Waals surface area contributed by atoms with Gasteiger partial charge in [-0.05, 0) is 46.6 Å². The summed E-state index contributed by atoms with van der Waals surface area (Å²) in [5, 5.41) is 13.0. The zero-order chi connectivity index (χ0) is 14.2. The molecule has 0 atom stereocenters. The van der Waals surface area contributed by atoms with Crippen LogP contribution in [0.2, 0.25) is 0 Å². The van der Waals surface area contributed by atoms with E-state index in [2.05, 4.69) is 21.0 Å². The normalized spacial score (nSPS) is 10.5. The highest BCUT2D eigenvalue weighted by Gasteiger charge is 2.17. The second-order valence-corrected chi connectivity index (χ2v) is 5.03. The first-order valence-corrected chi connectivity index (χ1v) is 6.35. The van der Waals surface area contributed by atoms with Crippen LogP contribution in [0, 0.1) is 6.92 Å². The second-order valence-electron chi connectivity index (χ2n) is 4.17. The Morgan fingerprint density at radius 3 is 2.63 bits per heavy atom. The highest BCUT2D eigenvalue weighted by atomic mass is 79.9. The maximum atomic E-state index is 11.0. The van der Waals surface area contributed by atoms with E-state index < -0.39 is 5.97 Å². The van der Waals surface area contributed by atoms with E-state index in [1.54, 1.807) is 14.2 Å². The Balaban J connectivity index is 2.67. The van der Waals surface area contributed by atoms with Gasteiger partial charge < -0.3 is 9.84 Å². The number of benzene rings is 1. The maximum Gasteiger partial charge on any atom is 0.356 e. The Morgan fingerprint density at radius 2 is 2.11 bits per heavy atom. The Hall–Kier alpha value is -1.82. The van der Waals surface area contributed by atoms with Crippen molar-refractivity contribution in [3.8, 4) is 17.0 Å². The number of carboxylic acid groups (broad SMARTS) is 1. The number of hydrogen-bond donors (Lipinski definition) is 1. The number of hydrogen-bond acceptors (Lipinski definition) is 3. The Morgan fingerprint density at radius 1 is 1.42 bits per heavy atom. The van der Waals surface area contributed by atoms with Gasteiger partial charge in [-0.1, -0.05) is 0 Å². The molecule has 0 saturated heterocycles. The average molecular weight is 325 g/mol. The quantitative estimate of drug-likeness (QED) is 0.942. The van der Waals surface area contributed by atoms with E-state index >= 15 is 0 Å². The lowest BCUT2D eigenvalue weighted by Gasteiger charge is -2.11. The van der Waals surface area contributed by atoms with E-state index in [0.29, 0.717) is 11.4 Å². The monoisotopic (exact) mass is 324 g/mol. The van der Waals surface area contributed by atoms with Crippen LogP contribution in [-0.4, -0.2) is 28.0 Å². The third-order valence-corrected chi connectivity index (χ3v) is 3.36. The minimum absolute atomic E-state index is 0.0113. The molecule has 0 fully saturated rings. The molecule has 1 aromatic heterocycles. The fourth-order valence-corrected chi connectivity index (χ4v) is 2.69. The van der Waals surface area contributed by atoms with Crippen molar-refractivity contribution in [2.75, 3.05) is 7.11 Å². The first kappa shape index (κ1) is 13.6. The zero-order valence-electron chi connectivity index (χ0n) is 10.8. The van der Waals surface area contributed by atoms with E-state index in [0.717, 1.165) is 15.6 Å².